The first-order chi connectivity index (χ1) is 9.83. The van der Waals surface area contributed by atoms with Crippen LogP contribution in [0.15, 0.2) is 36.4 Å². The summed E-state index contributed by atoms with van der Waals surface area (Å²) < 4.78 is 1.42. The van der Waals surface area contributed by atoms with E-state index in [1.165, 1.54) is 11.1 Å². The van der Waals surface area contributed by atoms with Crippen LogP contribution in [-0.4, -0.2) is 20.9 Å². The van der Waals surface area contributed by atoms with Crippen LogP contribution in [0.4, 0.5) is 0 Å². The predicted octanol–water partition coefficient (Wildman–Crippen LogP) is 3.99. The third kappa shape index (κ3) is 3.76. The van der Waals surface area contributed by atoms with Crippen molar-refractivity contribution < 1.29 is 4.79 Å². The van der Waals surface area contributed by atoms with Gasteiger partial charge in [-0.2, -0.15) is 4.68 Å². The zero-order valence-electron chi connectivity index (χ0n) is 12.0. The zero-order chi connectivity index (χ0) is 14.2. The fourth-order valence-electron chi connectivity index (χ4n) is 2.10. The van der Waals surface area contributed by atoms with Crippen molar-refractivity contribution in [3.8, 4) is 0 Å². The van der Waals surface area contributed by atoms with E-state index in [1.54, 1.807) is 0 Å². The lowest BCUT2D eigenvalue weighted by molar-refractivity contribution is 0.0886. The summed E-state index contributed by atoms with van der Waals surface area (Å²) >= 11 is 0. The molecule has 0 aliphatic carbocycles. The maximum atomic E-state index is 12.1. The number of fused-ring (bicyclic) bond motifs is 1. The van der Waals surface area contributed by atoms with Gasteiger partial charge in [-0.25, -0.2) is 0 Å². The summed E-state index contributed by atoms with van der Waals surface area (Å²) in [4.78, 5) is 12.1. The highest BCUT2D eigenvalue weighted by Gasteiger charge is 2.10. The van der Waals surface area contributed by atoms with Crippen LogP contribution in [-0.2, 0) is 0 Å². The van der Waals surface area contributed by atoms with Crippen LogP contribution in [0, 0.1) is 0 Å². The molecule has 2 rings (SSSR count). The van der Waals surface area contributed by atoms with Gasteiger partial charge in [0.2, 0.25) is 5.91 Å². The average Bonchev–Trinajstić information content (AvgIpc) is 2.90. The van der Waals surface area contributed by atoms with Gasteiger partial charge in [0.05, 0.1) is 5.52 Å². The Kier molecular flexibility index (Phi) is 5.47. The largest absolute Gasteiger partial charge is 0.273 e. The Hall–Kier alpha value is -1.97. The summed E-state index contributed by atoms with van der Waals surface area (Å²) in [6, 6.07) is 7.54. The predicted molar refractivity (Wildman–Crippen MR) is 80.7 cm³/mol. The van der Waals surface area contributed by atoms with E-state index in [-0.39, 0.29) is 5.91 Å². The first-order valence-electron chi connectivity index (χ1n) is 7.31. The molecule has 0 aliphatic rings. The number of nitrogens with zero attached hydrogens (tertiary/aromatic N) is 3. The van der Waals surface area contributed by atoms with E-state index in [2.05, 4.69) is 29.4 Å². The molecule has 0 N–H and O–H groups in total. The lowest BCUT2D eigenvalue weighted by atomic mass is 10.1. The molecule has 20 heavy (non-hydrogen) atoms. The van der Waals surface area contributed by atoms with Crippen LogP contribution in [0.2, 0.25) is 0 Å². The molecule has 1 aromatic heterocycles. The number of hydrogen-bond acceptors (Lipinski definition) is 3. The fourth-order valence-corrected chi connectivity index (χ4v) is 2.10. The van der Waals surface area contributed by atoms with Crippen LogP contribution >= 0.6 is 0 Å². The van der Waals surface area contributed by atoms with Gasteiger partial charge in [-0.1, -0.05) is 42.8 Å². The minimum atomic E-state index is 0.0243. The first kappa shape index (κ1) is 14.4. The van der Waals surface area contributed by atoms with Gasteiger partial charge in [0.25, 0.3) is 0 Å². The highest BCUT2D eigenvalue weighted by Crippen LogP contribution is 2.11. The highest BCUT2D eigenvalue weighted by atomic mass is 16.2. The van der Waals surface area contributed by atoms with Crippen molar-refractivity contribution >= 4 is 16.9 Å². The normalized spacial score (nSPS) is 11.4. The van der Waals surface area contributed by atoms with Crippen LogP contribution in [0.1, 0.15) is 50.2 Å². The number of allylic oxidation sites excluding steroid dienone is 2. The number of carbonyl (C=O) groups is 1. The molecule has 0 saturated heterocycles. The first-order valence-corrected chi connectivity index (χ1v) is 7.31. The molecule has 106 valence electrons. The molecule has 0 bridgehead atoms. The second-order valence-corrected chi connectivity index (χ2v) is 4.89. The summed E-state index contributed by atoms with van der Waals surface area (Å²) in [5.74, 6) is 0.0243. The maximum absolute atomic E-state index is 12.1. The Morgan fingerprint density at radius 1 is 1.20 bits per heavy atom. The Morgan fingerprint density at radius 3 is 2.85 bits per heavy atom. The quantitative estimate of drug-likeness (QED) is 0.565. The SMILES string of the molecule is CCC/C=C/CCCCC(=O)n1nnc2ccccc21. The maximum Gasteiger partial charge on any atom is 0.248 e. The monoisotopic (exact) mass is 271 g/mol. The molecular formula is C16H21N3O. The van der Waals surface area contributed by atoms with Gasteiger partial charge in [0.1, 0.15) is 5.52 Å². The fraction of sp³-hybridized carbons (Fsp3) is 0.438. The second-order valence-electron chi connectivity index (χ2n) is 4.89. The molecule has 2 aromatic rings. The van der Waals surface area contributed by atoms with Crippen molar-refractivity contribution in [3.63, 3.8) is 0 Å². The number of hydrogen-bond donors (Lipinski definition) is 0. The summed E-state index contributed by atoms with van der Waals surface area (Å²) in [7, 11) is 0. The van der Waals surface area contributed by atoms with Crippen molar-refractivity contribution in [1.82, 2.24) is 15.0 Å². The van der Waals surface area contributed by atoms with Crippen LogP contribution in [0.3, 0.4) is 0 Å². The van der Waals surface area contributed by atoms with E-state index in [4.69, 9.17) is 0 Å². The van der Waals surface area contributed by atoms with Gasteiger partial charge in [-0.15, -0.1) is 5.10 Å². The Labute approximate surface area is 119 Å². The molecule has 4 nitrogen and oxygen atoms in total. The minimum Gasteiger partial charge on any atom is -0.273 e. The van der Waals surface area contributed by atoms with Gasteiger partial charge < -0.3 is 0 Å². The molecule has 1 heterocycles. The standard InChI is InChI=1S/C16H21N3O/c1-2-3-4-5-6-7-8-13-16(20)19-15-12-10-9-11-14(15)17-18-19/h4-5,9-12H,2-3,6-8,13H2,1H3/b5-4+. The van der Waals surface area contributed by atoms with Crippen LogP contribution < -0.4 is 0 Å². The topological polar surface area (TPSA) is 47.8 Å². The van der Waals surface area contributed by atoms with Gasteiger partial charge in [0, 0.05) is 6.42 Å². The second kappa shape index (κ2) is 7.58. The molecule has 0 aliphatic heterocycles. The van der Waals surface area contributed by atoms with Gasteiger partial charge in [-0.3, -0.25) is 4.79 Å². The van der Waals surface area contributed by atoms with Crippen molar-refractivity contribution in [2.75, 3.05) is 0 Å². The number of para-hydroxylation sites is 1. The molecule has 1 aromatic carbocycles. The number of carbonyl (C=O) groups excluding carboxylic acids is 1. The van der Waals surface area contributed by atoms with Crippen molar-refractivity contribution in [1.29, 1.82) is 0 Å². The number of benzene rings is 1. The molecule has 0 radical (unpaired) electrons. The van der Waals surface area contributed by atoms with Crippen molar-refractivity contribution in [2.45, 2.75) is 45.4 Å². The van der Waals surface area contributed by atoms with Gasteiger partial charge in [0.15, 0.2) is 0 Å². The van der Waals surface area contributed by atoms with E-state index in [9.17, 15) is 4.79 Å². The highest BCUT2D eigenvalue weighted by molar-refractivity contribution is 5.88. The zero-order valence-corrected chi connectivity index (χ0v) is 12.0. The van der Waals surface area contributed by atoms with Crippen molar-refractivity contribution in [2.24, 2.45) is 0 Å². The third-order valence-corrected chi connectivity index (χ3v) is 3.22. The number of rotatable bonds is 7. The average molecular weight is 271 g/mol. The van der Waals surface area contributed by atoms with E-state index < -0.39 is 0 Å². The third-order valence-electron chi connectivity index (χ3n) is 3.22. The lowest BCUT2D eigenvalue weighted by Gasteiger charge is -2.00. The molecule has 0 spiro atoms. The van der Waals surface area contributed by atoms with Gasteiger partial charge in [-0.05, 0) is 37.8 Å². The van der Waals surface area contributed by atoms with Crippen molar-refractivity contribution in [3.05, 3.63) is 36.4 Å². The van der Waals surface area contributed by atoms with E-state index >= 15 is 0 Å². The minimum absolute atomic E-state index is 0.0243. The Balaban J connectivity index is 1.80. The summed E-state index contributed by atoms with van der Waals surface area (Å²) in [5, 5.41) is 7.94. The van der Waals surface area contributed by atoms with Crippen LogP contribution in [0.5, 0.6) is 0 Å². The summed E-state index contributed by atoms with van der Waals surface area (Å²) in [6.07, 6.45) is 10.3. The molecule has 0 unspecified atom stereocenters. The van der Waals surface area contributed by atoms with Gasteiger partial charge >= 0.3 is 0 Å². The molecular weight excluding hydrogens is 250 g/mol. The van der Waals surface area contributed by atoms with E-state index in [1.807, 2.05) is 24.3 Å². The lowest BCUT2D eigenvalue weighted by Crippen LogP contribution is -2.11. The Morgan fingerprint density at radius 2 is 2.00 bits per heavy atom. The Bertz CT molecular complexity index is 586. The number of aromatic nitrogens is 3. The molecule has 0 atom stereocenters. The summed E-state index contributed by atoms with van der Waals surface area (Å²) in [5.41, 5.74) is 1.56. The number of unbranched alkanes of at least 4 members (excludes halogenated alkanes) is 3. The smallest absolute Gasteiger partial charge is 0.248 e. The van der Waals surface area contributed by atoms with E-state index in [0.717, 1.165) is 36.7 Å². The molecule has 0 fully saturated rings. The molecule has 0 amide bonds. The molecule has 4 heteroatoms. The molecule has 0 saturated carbocycles. The van der Waals surface area contributed by atoms with Crippen LogP contribution in [0.25, 0.3) is 11.0 Å². The summed E-state index contributed by atoms with van der Waals surface area (Å²) in [6.45, 7) is 2.17. The van der Waals surface area contributed by atoms with E-state index in [0.29, 0.717) is 6.42 Å².